The van der Waals surface area contributed by atoms with Crippen LogP contribution in [0, 0.1) is 5.92 Å². The van der Waals surface area contributed by atoms with Gasteiger partial charge in [-0.1, -0.05) is 6.42 Å². The van der Waals surface area contributed by atoms with Crippen LogP contribution in [0.5, 0.6) is 0 Å². The molecule has 1 spiro atoms. The molecule has 0 radical (unpaired) electrons. The van der Waals surface area contributed by atoms with Crippen LogP contribution in [0.15, 0.2) is 6.33 Å². The van der Waals surface area contributed by atoms with Crippen molar-refractivity contribution in [3.05, 3.63) is 12.2 Å². The van der Waals surface area contributed by atoms with Gasteiger partial charge in [0.05, 0.1) is 5.60 Å². The van der Waals surface area contributed by atoms with E-state index in [2.05, 4.69) is 20.7 Å². The summed E-state index contributed by atoms with van der Waals surface area (Å²) in [6.07, 6.45) is 8.65. The van der Waals surface area contributed by atoms with Crippen LogP contribution in [-0.2, 0) is 11.3 Å². The molecule has 0 aromatic carbocycles. The summed E-state index contributed by atoms with van der Waals surface area (Å²) in [6.45, 7) is 0.995. The first-order chi connectivity index (χ1) is 7.86. The molecule has 0 bridgehead atoms. The maximum Gasteiger partial charge on any atom is 0.137 e. The van der Waals surface area contributed by atoms with Crippen molar-refractivity contribution in [3.8, 4) is 0 Å². The summed E-state index contributed by atoms with van der Waals surface area (Å²) in [5.41, 5.74) is 3.14. The molecular weight excluding hydrogens is 204 g/mol. The number of hydroxylamine groups is 1. The molecule has 1 aromatic heterocycles. The van der Waals surface area contributed by atoms with E-state index in [0.717, 1.165) is 31.6 Å². The normalized spacial score (nSPS) is 34.6. The van der Waals surface area contributed by atoms with Crippen molar-refractivity contribution < 1.29 is 4.84 Å². The summed E-state index contributed by atoms with van der Waals surface area (Å²) < 4.78 is 0. The molecule has 0 amide bonds. The van der Waals surface area contributed by atoms with Crippen LogP contribution in [0.4, 0.5) is 0 Å². The molecule has 2 aliphatic rings. The molecule has 1 aromatic rings. The Bertz CT molecular complexity index is 332. The van der Waals surface area contributed by atoms with Gasteiger partial charge in [-0.05, 0) is 31.6 Å². The minimum Gasteiger partial charge on any atom is -0.295 e. The van der Waals surface area contributed by atoms with Gasteiger partial charge in [0.2, 0.25) is 0 Å². The molecule has 1 aliphatic heterocycles. The standard InChI is InChI=1S/C11H18N4O/c1-2-9(6-10-12-8-13-15-10)7-11(3-1)4-5-14-16-11/h8-9,14H,1-7H2,(H,12,13,15). The van der Waals surface area contributed by atoms with Crippen molar-refractivity contribution in [2.45, 2.75) is 44.1 Å². The van der Waals surface area contributed by atoms with Crippen molar-refractivity contribution in [3.63, 3.8) is 0 Å². The number of H-pyrrole nitrogens is 1. The molecule has 3 rings (SSSR count). The van der Waals surface area contributed by atoms with Crippen molar-refractivity contribution in [1.29, 1.82) is 0 Å². The fraction of sp³-hybridized carbons (Fsp3) is 0.818. The van der Waals surface area contributed by atoms with Gasteiger partial charge in [-0.2, -0.15) is 5.10 Å². The Morgan fingerprint density at radius 1 is 1.50 bits per heavy atom. The van der Waals surface area contributed by atoms with Gasteiger partial charge < -0.3 is 0 Å². The molecule has 88 valence electrons. The summed E-state index contributed by atoms with van der Waals surface area (Å²) in [5.74, 6) is 1.69. The zero-order valence-electron chi connectivity index (χ0n) is 9.41. The molecule has 16 heavy (non-hydrogen) atoms. The van der Waals surface area contributed by atoms with Crippen molar-refractivity contribution >= 4 is 0 Å². The summed E-state index contributed by atoms with van der Waals surface area (Å²) in [4.78, 5) is 9.94. The maximum atomic E-state index is 5.73. The smallest absolute Gasteiger partial charge is 0.137 e. The SMILES string of the molecule is c1n[nH]c(CC2CCCC3(CCNO3)C2)n1. The maximum absolute atomic E-state index is 5.73. The van der Waals surface area contributed by atoms with Crippen LogP contribution < -0.4 is 5.48 Å². The topological polar surface area (TPSA) is 62.8 Å². The minimum absolute atomic E-state index is 0.114. The summed E-state index contributed by atoms with van der Waals surface area (Å²) in [7, 11) is 0. The molecule has 1 saturated carbocycles. The van der Waals surface area contributed by atoms with E-state index in [1.54, 1.807) is 6.33 Å². The number of nitrogens with one attached hydrogen (secondary N) is 2. The third-order valence-electron chi connectivity index (χ3n) is 3.82. The zero-order chi connectivity index (χ0) is 10.8. The van der Waals surface area contributed by atoms with E-state index in [0.29, 0.717) is 5.92 Å². The predicted molar refractivity (Wildman–Crippen MR) is 58.5 cm³/mol. The van der Waals surface area contributed by atoms with E-state index in [-0.39, 0.29) is 5.60 Å². The average Bonchev–Trinajstić information content (AvgIpc) is 2.91. The Hall–Kier alpha value is -0.940. The van der Waals surface area contributed by atoms with Gasteiger partial charge in [0.15, 0.2) is 0 Å². The number of rotatable bonds is 2. The second kappa shape index (κ2) is 4.14. The molecule has 2 fully saturated rings. The van der Waals surface area contributed by atoms with Gasteiger partial charge in [-0.25, -0.2) is 10.5 Å². The molecule has 2 atom stereocenters. The monoisotopic (exact) mass is 222 g/mol. The van der Waals surface area contributed by atoms with Crippen molar-refractivity contribution in [2.75, 3.05) is 6.54 Å². The third-order valence-corrected chi connectivity index (χ3v) is 3.82. The number of nitrogens with zero attached hydrogens (tertiary/aromatic N) is 2. The van der Waals surface area contributed by atoms with Crippen LogP contribution >= 0.6 is 0 Å². The lowest BCUT2D eigenvalue weighted by atomic mass is 9.75. The van der Waals surface area contributed by atoms with Gasteiger partial charge in [0, 0.05) is 13.0 Å². The van der Waals surface area contributed by atoms with E-state index in [1.165, 1.54) is 19.3 Å². The molecule has 2 N–H and O–H groups in total. The van der Waals surface area contributed by atoms with Crippen LogP contribution in [0.2, 0.25) is 0 Å². The van der Waals surface area contributed by atoms with E-state index in [4.69, 9.17) is 4.84 Å². The minimum atomic E-state index is 0.114. The molecule has 5 nitrogen and oxygen atoms in total. The molecule has 5 heteroatoms. The first-order valence-electron chi connectivity index (χ1n) is 6.11. The van der Waals surface area contributed by atoms with E-state index in [1.807, 2.05) is 0 Å². The molecule has 2 heterocycles. The lowest BCUT2D eigenvalue weighted by molar-refractivity contribution is -0.0860. The highest BCUT2D eigenvalue weighted by molar-refractivity contribution is 4.94. The summed E-state index contributed by atoms with van der Waals surface area (Å²) >= 11 is 0. The quantitative estimate of drug-likeness (QED) is 0.789. The third kappa shape index (κ3) is 1.97. The van der Waals surface area contributed by atoms with Gasteiger partial charge in [-0.15, -0.1) is 0 Å². The average molecular weight is 222 g/mol. The number of hydrogen-bond donors (Lipinski definition) is 2. The molecule has 2 unspecified atom stereocenters. The van der Waals surface area contributed by atoms with Crippen molar-refractivity contribution in [1.82, 2.24) is 20.7 Å². The number of aromatic nitrogens is 3. The number of aromatic amines is 1. The van der Waals surface area contributed by atoms with E-state index >= 15 is 0 Å². The Kier molecular flexibility index (Phi) is 2.65. The Morgan fingerprint density at radius 2 is 2.50 bits per heavy atom. The highest BCUT2D eigenvalue weighted by atomic mass is 16.7. The molecular formula is C11H18N4O. The fourth-order valence-corrected chi connectivity index (χ4v) is 3.07. The van der Waals surface area contributed by atoms with Gasteiger partial charge in [-0.3, -0.25) is 9.94 Å². The summed E-state index contributed by atoms with van der Waals surface area (Å²) in [5, 5.41) is 6.84. The van der Waals surface area contributed by atoms with E-state index < -0.39 is 0 Å². The Labute approximate surface area is 94.9 Å². The zero-order valence-corrected chi connectivity index (χ0v) is 9.41. The first-order valence-corrected chi connectivity index (χ1v) is 6.11. The summed E-state index contributed by atoms with van der Waals surface area (Å²) in [6, 6.07) is 0. The Morgan fingerprint density at radius 3 is 3.25 bits per heavy atom. The highest BCUT2D eigenvalue weighted by Crippen LogP contribution is 2.39. The van der Waals surface area contributed by atoms with Crippen molar-refractivity contribution in [2.24, 2.45) is 5.92 Å². The van der Waals surface area contributed by atoms with Gasteiger partial charge in [0.1, 0.15) is 12.2 Å². The fourth-order valence-electron chi connectivity index (χ4n) is 3.07. The van der Waals surface area contributed by atoms with Crippen LogP contribution in [0.3, 0.4) is 0 Å². The van der Waals surface area contributed by atoms with Gasteiger partial charge in [0.25, 0.3) is 0 Å². The molecule has 1 aliphatic carbocycles. The second-order valence-corrected chi connectivity index (χ2v) is 5.03. The number of hydrogen-bond acceptors (Lipinski definition) is 4. The highest BCUT2D eigenvalue weighted by Gasteiger charge is 2.40. The lowest BCUT2D eigenvalue weighted by Crippen LogP contribution is -2.36. The second-order valence-electron chi connectivity index (χ2n) is 5.03. The van der Waals surface area contributed by atoms with E-state index in [9.17, 15) is 0 Å². The lowest BCUT2D eigenvalue weighted by Gasteiger charge is -2.35. The predicted octanol–water partition coefficient (Wildman–Crippen LogP) is 1.20. The van der Waals surface area contributed by atoms with Crippen LogP contribution in [-0.4, -0.2) is 27.3 Å². The Balaban J connectivity index is 1.63. The van der Waals surface area contributed by atoms with Crippen LogP contribution in [0.25, 0.3) is 0 Å². The van der Waals surface area contributed by atoms with Gasteiger partial charge >= 0.3 is 0 Å². The largest absolute Gasteiger partial charge is 0.295 e. The molecule has 1 saturated heterocycles. The first kappa shape index (κ1) is 10.2. The van der Waals surface area contributed by atoms with Crippen LogP contribution in [0.1, 0.15) is 37.9 Å².